The van der Waals surface area contributed by atoms with E-state index in [1.54, 1.807) is 12.3 Å². The zero-order valence-electron chi connectivity index (χ0n) is 11.1. The fraction of sp³-hybridized carbons (Fsp3) is 0.125. The van der Waals surface area contributed by atoms with Crippen LogP contribution >= 0.6 is 11.8 Å². The fourth-order valence-electron chi connectivity index (χ4n) is 2.11. The van der Waals surface area contributed by atoms with E-state index in [2.05, 4.69) is 23.0 Å². The number of aryl methyl sites for hydroxylation is 1. The van der Waals surface area contributed by atoms with E-state index in [4.69, 9.17) is 0 Å². The number of benzene rings is 1. The van der Waals surface area contributed by atoms with Gasteiger partial charge in [0.05, 0.1) is 22.0 Å². The molecule has 0 aliphatic rings. The van der Waals surface area contributed by atoms with E-state index in [9.17, 15) is 4.79 Å². The number of H-pyrrole nitrogens is 1. The lowest BCUT2D eigenvalue weighted by molar-refractivity contribution is 0.101. The minimum absolute atomic E-state index is 0.0904. The van der Waals surface area contributed by atoms with Crippen molar-refractivity contribution in [2.75, 3.05) is 5.75 Å². The third kappa shape index (κ3) is 2.60. The first-order valence-electron chi connectivity index (χ1n) is 6.40. The van der Waals surface area contributed by atoms with Crippen LogP contribution in [0.4, 0.5) is 0 Å². The molecule has 0 aliphatic carbocycles. The molecule has 3 rings (SSSR count). The van der Waals surface area contributed by atoms with Crippen LogP contribution < -0.4 is 0 Å². The van der Waals surface area contributed by atoms with Gasteiger partial charge in [-0.2, -0.15) is 0 Å². The Labute approximate surface area is 121 Å². The Morgan fingerprint density at radius 1 is 1.25 bits per heavy atom. The predicted molar refractivity (Wildman–Crippen MR) is 82.3 cm³/mol. The number of hydrogen-bond donors (Lipinski definition) is 1. The number of fused-ring (bicyclic) bond motifs is 1. The molecule has 0 bridgehead atoms. The van der Waals surface area contributed by atoms with Gasteiger partial charge in [0.2, 0.25) is 0 Å². The Hall–Kier alpha value is -2.07. The lowest BCUT2D eigenvalue weighted by Gasteiger charge is -2.05. The van der Waals surface area contributed by atoms with Crippen molar-refractivity contribution in [1.29, 1.82) is 0 Å². The van der Waals surface area contributed by atoms with Crippen LogP contribution in [0.2, 0.25) is 0 Å². The molecular formula is C16H14N2OS. The van der Waals surface area contributed by atoms with Crippen molar-refractivity contribution in [2.24, 2.45) is 0 Å². The van der Waals surface area contributed by atoms with Gasteiger partial charge in [-0.15, -0.1) is 0 Å². The summed E-state index contributed by atoms with van der Waals surface area (Å²) in [5.41, 5.74) is 2.81. The Morgan fingerprint density at radius 3 is 2.90 bits per heavy atom. The predicted octanol–water partition coefficient (Wildman–Crippen LogP) is 3.85. The number of hydrogen-bond acceptors (Lipinski definition) is 3. The average molecular weight is 282 g/mol. The van der Waals surface area contributed by atoms with Crippen LogP contribution in [0.5, 0.6) is 0 Å². The number of thioether (sulfide) groups is 1. The van der Waals surface area contributed by atoms with Crippen molar-refractivity contribution in [3.05, 3.63) is 59.9 Å². The van der Waals surface area contributed by atoms with Crippen molar-refractivity contribution in [2.45, 2.75) is 11.9 Å². The SMILES string of the molecule is Cc1cc(SCC(=O)c2ccc[nH]2)nc2ccccc12. The Kier molecular flexibility index (Phi) is 3.56. The zero-order valence-corrected chi connectivity index (χ0v) is 11.9. The molecule has 20 heavy (non-hydrogen) atoms. The van der Waals surface area contributed by atoms with Crippen molar-refractivity contribution >= 4 is 28.4 Å². The summed E-state index contributed by atoms with van der Waals surface area (Å²) in [6.45, 7) is 2.07. The molecule has 0 aliphatic heterocycles. The maximum atomic E-state index is 11.9. The number of carbonyl (C=O) groups excluding carboxylic acids is 1. The highest BCUT2D eigenvalue weighted by Crippen LogP contribution is 2.23. The average Bonchev–Trinajstić information content (AvgIpc) is 2.99. The monoisotopic (exact) mass is 282 g/mol. The second kappa shape index (κ2) is 5.51. The van der Waals surface area contributed by atoms with E-state index < -0.39 is 0 Å². The molecule has 0 saturated heterocycles. The van der Waals surface area contributed by atoms with Crippen molar-refractivity contribution < 1.29 is 4.79 Å². The largest absolute Gasteiger partial charge is 0.359 e. The number of nitrogens with zero attached hydrogens (tertiary/aromatic N) is 1. The van der Waals surface area contributed by atoms with E-state index in [1.807, 2.05) is 30.3 Å². The summed E-state index contributed by atoms with van der Waals surface area (Å²) in [5.74, 6) is 0.485. The molecular weight excluding hydrogens is 268 g/mol. The second-order valence-electron chi connectivity index (χ2n) is 4.59. The van der Waals surface area contributed by atoms with E-state index in [-0.39, 0.29) is 5.78 Å². The molecule has 1 aromatic carbocycles. The van der Waals surface area contributed by atoms with Crippen LogP contribution in [0, 0.1) is 6.92 Å². The van der Waals surface area contributed by atoms with Crippen molar-refractivity contribution in [3.8, 4) is 0 Å². The van der Waals surface area contributed by atoms with Crippen molar-refractivity contribution in [3.63, 3.8) is 0 Å². The maximum Gasteiger partial charge on any atom is 0.189 e. The molecule has 2 heterocycles. The minimum Gasteiger partial charge on any atom is -0.359 e. The fourth-order valence-corrected chi connectivity index (χ4v) is 2.97. The van der Waals surface area contributed by atoms with E-state index >= 15 is 0 Å². The number of pyridine rings is 1. The standard InChI is InChI=1S/C16H14N2OS/c1-11-9-16(18-13-6-3-2-5-12(11)13)20-10-15(19)14-7-4-8-17-14/h2-9,17H,10H2,1H3. The quantitative estimate of drug-likeness (QED) is 0.584. The van der Waals surface area contributed by atoms with Crippen LogP contribution in [0.3, 0.4) is 0 Å². The molecule has 0 unspecified atom stereocenters. The van der Waals surface area contributed by atoms with Gasteiger partial charge in [0, 0.05) is 11.6 Å². The summed E-state index contributed by atoms with van der Waals surface area (Å²) >= 11 is 1.48. The molecule has 2 aromatic heterocycles. The smallest absolute Gasteiger partial charge is 0.189 e. The van der Waals surface area contributed by atoms with E-state index in [0.717, 1.165) is 15.9 Å². The third-order valence-corrected chi connectivity index (χ3v) is 4.06. The first kappa shape index (κ1) is 12.9. The highest BCUT2D eigenvalue weighted by Gasteiger charge is 2.09. The van der Waals surface area contributed by atoms with Gasteiger partial charge in [0.1, 0.15) is 0 Å². The van der Waals surface area contributed by atoms with Crippen LogP contribution in [0.1, 0.15) is 16.1 Å². The first-order valence-corrected chi connectivity index (χ1v) is 7.38. The molecule has 4 heteroatoms. The Balaban J connectivity index is 1.79. The van der Waals surface area contributed by atoms with Gasteiger partial charge >= 0.3 is 0 Å². The van der Waals surface area contributed by atoms with Crippen LogP contribution in [0.25, 0.3) is 10.9 Å². The Bertz CT molecular complexity index is 750. The topological polar surface area (TPSA) is 45.8 Å². The number of ketones is 1. The molecule has 0 fully saturated rings. The zero-order chi connectivity index (χ0) is 13.9. The number of carbonyl (C=O) groups is 1. The van der Waals surface area contributed by atoms with E-state index in [0.29, 0.717) is 11.4 Å². The van der Waals surface area contributed by atoms with Gasteiger partial charge in [-0.3, -0.25) is 4.79 Å². The van der Waals surface area contributed by atoms with E-state index in [1.165, 1.54) is 17.3 Å². The molecule has 0 amide bonds. The second-order valence-corrected chi connectivity index (χ2v) is 5.59. The molecule has 0 atom stereocenters. The number of Topliss-reactive ketones (excluding diaryl/α,β-unsaturated/α-hetero) is 1. The van der Waals surface area contributed by atoms with Crippen LogP contribution in [-0.2, 0) is 0 Å². The summed E-state index contributed by atoms with van der Waals surface area (Å²) < 4.78 is 0. The molecule has 100 valence electrons. The third-order valence-electron chi connectivity index (χ3n) is 3.15. The number of aromatic amines is 1. The molecule has 3 nitrogen and oxygen atoms in total. The van der Waals surface area contributed by atoms with Crippen LogP contribution in [0.15, 0.2) is 53.7 Å². The lowest BCUT2D eigenvalue weighted by atomic mass is 10.1. The summed E-state index contributed by atoms with van der Waals surface area (Å²) in [7, 11) is 0. The summed E-state index contributed by atoms with van der Waals surface area (Å²) in [6.07, 6.45) is 1.76. The highest BCUT2D eigenvalue weighted by atomic mass is 32.2. The number of nitrogens with one attached hydrogen (secondary N) is 1. The molecule has 3 aromatic rings. The number of rotatable bonds is 4. The van der Waals surface area contributed by atoms with Gasteiger partial charge in [0.25, 0.3) is 0 Å². The first-order chi connectivity index (χ1) is 9.74. The van der Waals surface area contributed by atoms with Gasteiger partial charge < -0.3 is 4.98 Å². The van der Waals surface area contributed by atoms with Crippen molar-refractivity contribution in [1.82, 2.24) is 9.97 Å². The van der Waals surface area contributed by atoms with Crippen LogP contribution in [-0.4, -0.2) is 21.5 Å². The van der Waals surface area contributed by atoms with Gasteiger partial charge in [0.15, 0.2) is 5.78 Å². The number of para-hydroxylation sites is 1. The number of aromatic nitrogens is 2. The minimum atomic E-state index is 0.0904. The lowest BCUT2D eigenvalue weighted by Crippen LogP contribution is -2.02. The van der Waals surface area contributed by atoms with Gasteiger partial charge in [-0.1, -0.05) is 30.0 Å². The van der Waals surface area contributed by atoms with Gasteiger partial charge in [-0.05, 0) is 36.8 Å². The molecule has 1 N–H and O–H groups in total. The highest BCUT2D eigenvalue weighted by molar-refractivity contribution is 7.99. The summed E-state index contributed by atoms with van der Waals surface area (Å²) in [6, 6.07) is 13.7. The normalized spacial score (nSPS) is 10.8. The molecule has 0 spiro atoms. The summed E-state index contributed by atoms with van der Waals surface area (Å²) in [5, 5.41) is 2.05. The maximum absolute atomic E-state index is 11.9. The summed E-state index contributed by atoms with van der Waals surface area (Å²) in [4.78, 5) is 19.5. The Morgan fingerprint density at radius 2 is 2.10 bits per heavy atom. The van der Waals surface area contributed by atoms with Gasteiger partial charge in [-0.25, -0.2) is 4.98 Å². The molecule has 0 saturated carbocycles. The molecule has 0 radical (unpaired) electrons.